The average Bonchev–Trinajstić information content (AvgIpc) is 2.50. The number of fused-ring (bicyclic) bond motifs is 1. The molecule has 0 fully saturated rings. The van der Waals surface area contributed by atoms with Gasteiger partial charge in [0.15, 0.2) is 0 Å². The molecular weight excluding hydrogens is 152 g/mol. The van der Waals surface area contributed by atoms with E-state index < -0.39 is 0 Å². The summed E-state index contributed by atoms with van der Waals surface area (Å²) >= 11 is 0. The van der Waals surface area contributed by atoms with E-state index in [9.17, 15) is 0 Å². The van der Waals surface area contributed by atoms with Gasteiger partial charge in [-0.1, -0.05) is 5.21 Å². The standard InChI is InChI=1S/C8H14N4/c9-5-4-7-8-3-1-2-6-12(8)11-10-7/h1-6,9H2. The minimum atomic E-state index is 0.672. The van der Waals surface area contributed by atoms with Gasteiger partial charge in [0.05, 0.1) is 11.4 Å². The van der Waals surface area contributed by atoms with E-state index in [4.69, 9.17) is 5.73 Å². The molecule has 4 nitrogen and oxygen atoms in total. The van der Waals surface area contributed by atoms with Crippen molar-refractivity contribution in [2.75, 3.05) is 6.54 Å². The Morgan fingerprint density at radius 3 is 3.17 bits per heavy atom. The van der Waals surface area contributed by atoms with Crippen molar-refractivity contribution in [1.82, 2.24) is 15.0 Å². The molecule has 0 aromatic carbocycles. The predicted octanol–water partition coefficient (Wildman–Crippen LogP) is 0.116. The number of rotatable bonds is 2. The Morgan fingerprint density at radius 1 is 1.42 bits per heavy atom. The van der Waals surface area contributed by atoms with Gasteiger partial charge in [-0.15, -0.1) is 5.10 Å². The third-order valence-corrected chi connectivity index (χ3v) is 2.33. The zero-order chi connectivity index (χ0) is 8.39. The lowest BCUT2D eigenvalue weighted by Crippen LogP contribution is -2.13. The maximum absolute atomic E-state index is 5.48. The van der Waals surface area contributed by atoms with Gasteiger partial charge in [-0.2, -0.15) is 0 Å². The molecule has 2 heterocycles. The van der Waals surface area contributed by atoms with Crippen LogP contribution in [0.25, 0.3) is 0 Å². The van der Waals surface area contributed by atoms with E-state index in [0.29, 0.717) is 6.54 Å². The van der Waals surface area contributed by atoms with E-state index >= 15 is 0 Å². The van der Waals surface area contributed by atoms with Crippen LogP contribution in [0.2, 0.25) is 0 Å². The van der Waals surface area contributed by atoms with Crippen molar-refractivity contribution < 1.29 is 0 Å². The molecule has 1 aromatic rings. The van der Waals surface area contributed by atoms with Crippen molar-refractivity contribution in [3.63, 3.8) is 0 Å². The van der Waals surface area contributed by atoms with Gasteiger partial charge in [0.1, 0.15) is 0 Å². The summed E-state index contributed by atoms with van der Waals surface area (Å²) in [4.78, 5) is 0. The van der Waals surface area contributed by atoms with Crippen LogP contribution in [0.3, 0.4) is 0 Å². The largest absolute Gasteiger partial charge is 0.330 e. The lowest BCUT2D eigenvalue weighted by Gasteiger charge is -2.12. The first-order chi connectivity index (χ1) is 5.92. The van der Waals surface area contributed by atoms with Crippen LogP contribution in [0, 0.1) is 0 Å². The van der Waals surface area contributed by atoms with Crippen LogP contribution in [0.15, 0.2) is 0 Å². The van der Waals surface area contributed by atoms with E-state index in [1.54, 1.807) is 0 Å². The van der Waals surface area contributed by atoms with Gasteiger partial charge < -0.3 is 5.73 Å². The van der Waals surface area contributed by atoms with Crippen molar-refractivity contribution in [3.8, 4) is 0 Å². The zero-order valence-corrected chi connectivity index (χ0v) is 7.16. The molecule has 1 aliphatic heterocycles. The molecule has 4 heteroatoms. The van der Waals surface area contributed by atoms with Crippen LogP contribution in [-0.4, -0.2) is 21.5 Å². The minimum Gasteiger partial charge on any atom is -0.330 e. The number of aryl methyl sites for hydroxylation is 1. The van der Waals surface area contributed by atoms with E-state index in [0.717, 1.165) is 25.1 Å². The van der Waals surface area contributed by atoms with E-state index in [1.165, 1.54) is 18.5 Å². The second-order valence-electron chi connectivity index (χ2n) is 3.20. The van der Waals surface area contributed by atoms with Crippen molar-refractivity contribution in [1.29, 1.82) is 0 Å². The Kier molecular flexibility index (Phi) is 2.08. The van der Waals surface area contributed by atoms with Crippen molar-refractivity contribution in [2.45, 2.75) is 32.2 Å². The van der Waals surface area contributed by atoms with Gasteiger partial charge in [-0.3, -0.25) is 0 Å². The smallest absolute Gasteiger partial charge is 0.0871 e. The third-order valence-electron chi connectivity index (χ3n) is 2.33. The summed E-state index contributed by atoms with van der Waals surface area (Å²) in [5, 5.41) is 8.21. The summed E-state index contributed by atoms with van der Waals surface area (Å²) in [5.41, 5.74) is 7.90. The molecule has 2 N–H and O–H groups in total. The van der Waals surface area contributed by atoms with Crippen LogP contribution < -0.4 is 5.73 Å². The minimum absolute atomic E-state index is 0.672. The lowest BCUT2D eigenvalue weighted by atomic mass is 10.1. The molecule has 0 saturated carbocycles. The molecule has 0 spiro atoms. The van der Waals surface area contributed by atoms with Crippen molar-refractivity contribution in [3.05, 3.63) is 11.4 Å². The fourth-order valence-corrected chi connectivity index (χ4v) is 1.71. The predicted molar refractivity (Wildman–Crippen MR) is 45.7 cm³/mol. The first-order valence-corrected chi connectivity index (χ1v) is 4.53. The average molecular weight is 166 g/mol. The molecule has 1 aromatic heterocycles. The van der Waals surface area contributed by atoms with Gasteiger partial charge in [0, 0.05) is 13.0 Å². The number of nitrogens with two attached hydrogens (primary N) is 1. The molecule has 0 radical (unpaired) electrons. The number of hydrogen-bond acceptors (Lipinski definition) is 3. The van der Waals surface area contributed by atoms with Crippen LogP contribution >= 0.6 is 0 Å². The normalized spacial score (nSPS) is 16.1. The maximum Gasteiger partial charge on any atom is 0.0871 e. The summed E-state index contributed by atoms with van der Waals surface area (Å²) in [6.07, 6.45) is 4.50. The fraction of sp³-hybridized carbons (Fsp3) is 0.750. The first-order valence-electron chi connectivity index (χ1n) is 4.53. The van der Waals surface area contributed by atoms with Gasteiger partial charge >= 0.3 is 0 Å². The fourth-order valence-electron chi connectivity index (χ4n) is 1.71. The molecule has 0 unspecified atom stereocenters. The summed E-state index contributed by atoms with van der Waals surface area (Å²) in [7, 11) is 0. The molecule has 0 atom stereocenters. The molecule has 12 heavy (non-hydrogen) atoms. The first kappa shape index (κ1) is 7.73. The second kappa shape index (κ2) is 3.23. The molecule has 66 valence electrons. The highest BCUT2D eigenvalue weighted by Gasteiger charge is 2.14. The van der Waals surface area contributed by atoms with Crippen LogP contribution in [0.4, 0.5) is 0 Å². The Hall–Kier alpha value is -0.900. The molecule has 0 saturated heterocycles. The topological polar surface area (TPSA) is 56.7 Å². The summed E-state index contributed by atoms with van der Waals surface area (Å²) in [5.74, 6) is 0. The Morgan fingerprint density at radius 2 is 2.33 bits per heavy atom. The molecule has 0 amide bonds. The van der Waals surface area contributed by atoms with Crippen LogP contribution in [0.1, 0.15) is 24.2 Å². The molecule has 1 aliphatic rings. The van der Waals surface area contributed by atoms with Crippen molar-refractivity contribution in [2.24, 2.45) is 5.73 Å². The third kappa shape index (κ3) is 1.22. The maximum atomic E-state index is 5.48. The summed E-state index contributed by atoms with van der Waals surface area (Å²) in [6, 6.07) is 0. The van der Waals surface area contributed by atoms with Crippen molar-refractivity contribution >= 4 is 0 Å². The van der Waals surface area contributed by atoms with Gasteiger partial charge in [-0.05, 0) is 25.8 Å². The highest BCUT2D eigenvalue weighted by molar-refractivity contribution is 5.12. The van der Waals surface area contributed by atoms with E-state index in [2.05, 4.69) is 10.3 Å². The number of hydrogen-bond donors (Lipinski definition) is 1. The molecule has 0 aliphatic carbocycles. The molecular formula is C8H14N4. The molecule has 0 bridgehead atoms. The summed E-state index contributed by atoms with van der Waals surface area (Å²) < 4.78 is 2.02. The van der Waals surface area contributed by atoms with Gasteiger partial charge in [0.2, 0.25) is 0 Å². The number of nitrogens with zero attached hydrogens (tertiary/aromatic N) is 3. The Bertz CT molecular complexity index is 266. The molecule has 2 rings (SSSR count). The van der Waals surface area contributed by atoms with Crippen LogP contribution in [0.5, 0.6) is 0 Å². The Balaban J connectivity index is 2.25. The van der Waals surface area contributed by atoms with Gasteiger partial charge in [-0.25, -0.2) is 4.68 Å². The van der Waals surface area contributed by atoms with Crippen LogP contribution in [-0.2, 0) is 19.4 Å². The SMILES string of the molecule is NCCc1nnn2c1CCCC2. The van der Waals surface area contributed by atoms with Gasteiger partial charge in [0.25, 0.3) is 0 Å². The highest BCUT2D eigenvalue weighted by atomic mass is 15.4. The monoisotopic (exact) mass is 166 g/mol. The van der Waals surface area contributed by atoms with E-state index in [-0.39, 0.29) is 0 Å². The lowest BCUT2D eigenvalue weighted by molar-refractivity contribution is 0.476. The highest BCUT2D eigenvalue weighted by Crippen LogP contribution is 2.15. The number of aromatic nitrogens is 3. The Labute approximate surface area is 71.8 Å². The zero-order valence-electron chi connectivity index (χ0n) is 7.16. The second-order valence-corrected chi connectivity index (χ2v) is 3.20. The summed E-state index contributed by atoms with van der Waals surface area (Å²) in [6.45, 7) is 1.71. The van der Waals surface area contributed by atoms with E-state index in [1.807, 2.05) is 4.68 Å². The quantitative estimate of drug-likeness (QED) is 0.678.